The molecule has 0 spiro atoms. The van der Waals surface area contributed by atoms with Crippen LogP contribution in [0.1, 0.15) is 22.8 Å². The van der Waals surface area contributed by atoms with Crippen LogP contribution in [-0.2, 0) is 0 Å². The molecule has 0 saturated heterocycles. The first-order valence-corrected chi connectivity index (χ1v) is 6.90. The molecule has 0 radical (unpaired) electrons. The molecule has 112 valence electrons. The van der Waals surface area contributed by atoms with E-state index in [4.69, 9.17) is 4.74 Å². The van der Waals surface area contributed by atoms with Crippen LogP contribution in [0.15, 0.2) is 65.3 Å². The van der Waals surface area contributed by atoms with E-state index in [-0.39, 0.29) is 5.91 Å². The average molecular weight is 294 g/mol. The van der Waals surface area contributed by atoms with Gasteiger partial charge in [0, 0.05) is 5.56 Å². The number of allylic oxidation sites excluding steroid dienone is 1. The lowest BCUT2D eigenvalue weighted by Crippen LogP contribution is -2.17. The van der Waals surface area contributed by atoms with Gasteiger partial charge in [-0.05, 0) is 36.3 Å². The molecule has 0 bridgehead atoms. The van der Waals surface area contributed by atoms with Crippen LogP contribution in [0.3, 0.4) is 0 Å². The van der Waals surface area contributed by atoms with Crippen molar-refractivity contribution in [1.82, 2.24) is 5.43 Å². The predicted octanol–water partition coefficient (Wildman–Crippen LogP) is 3.51. The molecule has 2 aromatic carbocycles. The number of nitrogens with one attached hydrogen (secondary N) is 1. The molecule has 1 amide bonds. The maximum Gasteiger partial charge on any atom is 0.271 e. The van der Waals surface area contributed by atoms with Crippen molar-refractivity contribution in [2.24, 2.45) is 5.10 Å². The fourth-order valence-corrected chi connectivity index (χ4v) is 1.87. The Bertz CT molecular complexity index is 691. The second-order valence-corrected chi connectivity index (χ2v) is 4.73. The summed E-state index contributed by atoms with van der Waals surface area (Å²) in [5.41, 5.74) is 5.03. The van der Waals surface area contributed by atoms with Gasteiger partial charge >= 0.3 is 0 Å². The number of carbonyl (C=O) groups is 1. The van der Waals surface area contributed by atoms with Crippen LogP contribution in [-0.4, -0.2) is 19.2 Å². The number of amides is 1. The summed E-state index contributed by atoms with van der Waals surface area (Å²) in [5, 5.41) is 3.97. The van der Waals surface area contributed by atoms with Crippen LogP contribution >= 0.6 is 0 Å². The standard InChI is InChI=1S/C18H18N2O2/c1-14(11-15-7-4-3-5-8-15)13-19-20-18(21)16-9-6-10-17(12-16)22-2/h3-13H,1-2H3,(H,20,21)/b14-11-,19-13+. The van der Waals surface area contributed by atoms with Crippen LogP contribution in [0, 0.1) is 0 Å². The highest BCUT2D eigenvalue weighted by molar-refractivity contribution is 5.95. The number of benzene rings is 2. The number of rotatable bonds is 5. The van der Waals surface area contributed by atoms with Crippen LogP contribution in [0.5, 0.6) is 5.75 Å². The number of carbonyl (C=O) groups excluding carboxylic acids is 1. The molecular weight excluding hydrogens is 276 g/mol. The smallest absolute Gasteiger partial charge is 0.271 e. The van der Waals surface area contributed by atoms with Gasteiger partial charge in [0.2, 0.25) is 0 Å². The molecule has 0 aliphatic carbocycles. The highest BCUT2D eigenvalue weighted by atomic mass is 16.5. The van der Waals surface area contributed by atoms with E-state index in [2.05, 4.69) is 10.5 Å². The fraction of sp³-hybridized carbons (Fsp3) is 0.111. The molecule has 0 aliphatic heterocycles. The Morgan fingerprint density at radius 3 is 2.64 bits per heavy atom. The topological polar surface area (TPSA) is 50.7 Å². The molecule has 0 aliphatic rings. The van der Waals surface area contributed by atoms with Gasteiger partial charge in [-0.3, -0.25) is 4.79 Å². The summed E-state index contributed by atoms with van der Waals surface area (Å²) < 4.78 is 5.09. The molecule has 0 saturated carbocycles. The average Bonchev–Trinajstić information content (AvgIpc) is 2.55. The van der Waals surface area contributed by atoms with Gasteiger partial charge in [-0.2, -0.15) is 5.10 Å². The van der Waals surface area contributed by atoms with E-state index in [0.29, 0.717) is 11.3 Å². The zero-order valence-corrected chi connectivity index (χ0v) is 12.6. The van der Waals surface area contributed by atoms with Gasteiger partial charge in [0.15, 0.2) is 0 Å². The number of hydrogen-bond donors (Lipinski definition) is 1. The van der Waals surface area contributed by atoms with E-state index in [1.807, 2.05) is 43.3 Å². The van der Waals surface area contributed by atoms with E-state index in [0.717, 1.165) is 11.1 Å². The molecule has 0 heterocycles. The Kier molecular flexibility index (Phi) is 5.49. The fourth-order valence-electron chi connectivity index (χ4n) is 1.87. The number of methoxy groups -OCH3 is 1. The van der Waals surface area contributed by atoms with E-state index in [1.54, 1.807) is 37.6 Å². The minimum absolute atomic E-state index is 0.275. The lowest BCUT2D eigenvalue weighted by Gasteiger charge is -2.03. The quantitative estimate of drug-likeness (QED) is 0.677. The van der Waals surface area contributed by atoms with Crippen molar-refractivity contribution in [1.29, 1.82) is 0 Å². The lowest BCUT2D eigenvalue weighted by molar-refractivity contribution is 0.0955. The first-order valence-electron chi connectivity index (χ1n) is 6.90. The molecule has 2 aromatic rings. The monoisotopic (exact) mass is 294 g/mol. The van der Waals surface area contributed by atoms with Crippen molar-refractivity contribution in [3.63, 3.8) is 0 Å². The largest absolute Gasteiger partial charge is 0.497 e. The summed E-state index contributed by atoms with van der Waals surface area (Å²) in [6, 6.07) is 16.8. The molecule has 0 fully saturated rings. The normalized spacial score (nSPS) is 11.5. The van der Waals surface area contributed by atoms with E-state index in [9.17, 15) is 4.79 Å². The van der Waals surface area contributed by atoms with E-state index >= 15 is 0 Å². The van der Waals surface area contributed by atoms with Crippen molar-refractivity contribution in [2.45, 2.75) is 6.92 Å². The van der Waals surface area contributed by atoms with E-state index in [1.165, 1.54) is 0 Å². The van der Waals surface area contributed by atoms with Crippen molar-refractivity contribution >= 4 is 18.2 Å². The van der Waals surface area contributed by atoms with Crippen molar-refractivity contribution in [3.8, 4) is 5.75 Å². The van der Waals surface area contributed by atoms with Crippen LogP contribution in [0.4, 0.5) is 0 Å². The third-order valence-electron chi connectivity index (χ3n) is 2.96. The summed E-state index contributed by atoms with van der Waals surface area (Å²) >= 11 is 0. The molecule has 4 heteroatoms. The molecule has 0 aromatic heterocycles. The molecule has 4 nitrogen and oxygen atoms in total. The number of ether oxygens (including phenoxy) is 1. The zero-order chi connectivity index (χ0) is 15.8. The highest BCUT2D eigenvalue weighted by Gasteiger charge is 2.04. The number of hydrogen-bond acceptors (Lipinski definition) is 3. The van der Waals surface area contributed by atoms with Gasteiger partial charge in [0.25, 0.3) is 5.91 Å². The molecule has 0 unspecified atom stereocenters. The van der Waals surface area contributed by atoms with Crippen molar-refractivity contribution in [3.05, 3.63) is 71.3 Å². The summed E-state index contributed by atoms with van der Waals surface area (Å²) in [5.74, 6) is 0.361. The van der Waals surface area contributed by atoms with Gasteiger partial charge < -0.3 is 4.74 Å². The van der Waals surface area contributed by atoms with Gasteiger partial charge in [-0.15, -0.1) is 0 Å². The molecule has 22 heavy (non-hydrogen) atoms. The minimum Gasteiger partial charge on any atom is -0.497 e. The van der Waals surface area contributed by atoms with Gasteiger partial charge in [-0.1, -0.05) is 42.5 Å². The second kappa shape index (κ2) is 7.78. The Balaban J connectivity index is 1.96. The third-order valence-corrected chi connectivity index (χ3v) is 2.96. The first-order chi connectivity index (χ1) is 10.7. The van der Waals surface area contributed by atoms with Gasteiger partial charge in [0.05, 0.1) is 13.3 Å². The zero-order valence-electron chi connectivity index (χ0n) is 12.6. The van der Waals surface area contributed by atoms with Crippen LogP contribution in [0.2, 0.25) is 0 Å². The molecule has 2 rings (SSSR count). The van der Waals surface area contributed by atoms with E-state index < -0.39 is 0 Å². The van der Waals surface area contributed by atoms with Gasteiger partial charge in [0.1, 0.15) is 5.75 Å². The van der Waals surface area contributed by atoms with Crippen molar-refractivity contribution in [2.75, 3.05) is 7.11 Å². The Labute approximate surface area is 130 Å². The van der Waals surface area contributed by atoms with Gasteiger partial charge in [-0.25, -0.2) is 5.43 Å². The predicted molar refractivity (Wildman–Crippen MR) is 89.0 cm³/mol. The summed E-state index contributed by atoms with van der Waals surface area (Å²) in [6.07, 6.45) is 3.60. The maximum absolute atomic E-state index is 12.0. The summed E-state index contributed by atoms with van der Waals surface area (Å²) in [4.78, 5) is 12.0. The molecule has 1 N–H and O–H groups in total. The number of hydrazone groups is 1. The highest BCUT2D eigenvalue weighted by Crippen LogP contribution is 2.12. The molecular formula is C18H18N2O2. The SMILES string of the molecule is COc1cccc(C(=O)N/N=C/C(C)=C\c2ccccc2)c1. The minimum atomic E-state index is -0.275. The first kappa shape index (κ1) is 15.5. The van der Waals surface area contributed by atoms with Crippen LogP contribution in [0.25, 0.3) is 6.08 Å². The Morgan fingerprint density at radius 1 is 1.14 bits per heavy atom. The number of nitrogens with zero attached hydrogens (tertiary/aromatic N) is 1. The lowest BCUT2D eigenvalue weighted by atomic mass is 10.1. The van der Waals surface area contributed by atoms with Crippen molar-refractivity contribution < 1.29 is 9.53 Å². The summed E-state index contributed by atoms with van der Waals surface area (Å²) in [6.45, 7) is 1.92. The van der Waals surface area contributed by atoms with Crippen LogP contribution < -0.4 is 10.2 Å². The maximum atomic E-state index is 12.0. The molecule has 0 atom stereocenters. The second-order valence-electron chi connectivity index (χ2n) is 4.73. The Morgan fingerprint density at radius 2 is 1.91 bits per heavy atom. The Hall–Kier alpha value is -2.88. The third kappa shape index (κ3) is 4.59. The summed E-state index contributed by atoms with van der Waals surface area (Å²) in [7, 11) is 1.56.